The van der Waals surface area contributed by atoms with Gasteiger partial charge in [-0.2, -0.15) is 0 Å². The van der Waals surface area contributed by atoms with E-state index < -0.39 is 7.12 Å². The van der Waals surface area contributed by atoms with Crippen LogP contribution in [0.5, 0.6) is 0 Å². The van der Waals surface area contributed by atoms with Crippen molar-refractivity contribution in [3.05, 3.63) is 60.8 Å². The molecule has 1 heterocycles. The van der Waals surface area contributed by atoms with Gasteiger partial charge in [0.2, 0.25) is 0 Å². The Kier molecular flexibility index (Phi) is 3.03. The van der Waals surface area contributed by atoms with Crippen molar-refractivity contribution in [3.63, 3.8) is 0 Å². The highest BCUT2D eigenvalue weighted by atomic mass is 16.4. The lowest BCUT2D eigenvalue weighted by molar-refractivity contribution is 0.425. The highest BCUT2D eigenvalue weighted by Crippen LogP contribution is 2.22. The smallest absolute Gasteiger partial charge is 0.423 e. The van der Waals surface area contributed by atoms with Gasteiger partial charge in [0.25, 0.3) is 0 Å². The molecule has 0 aliphatic rings. The van der Waals surface area contributed by atoms with Crippen LogP contribution in [0.15, 0.2) is 60.8 Å². The molecular formula is C15H12BNO2. The average molecular weight is 249 g/mol. The number of benzene rings is 2. The summed E-state index contributed by atoms with van der Waals surface area (Å²) in [6.45, 7) is 0. The van der Waals surface area contributed by atoms with Gasteiger partial charge >= 0.3 is 7.12 Å². The standard InChI is InChI=1S/C15H12BNO2/c18-16(19)14-7-8-17-15(10-14)13-6-5-11-3-1-2-4-12(11)9-13/h1-10,18-19H. The van der Waals surface area contributed by atoms with E-state index in [1.807, 2.05) is 36.4 Å². The predicted octanol–water partition coefficient (Wildman–Crippen LogP) is 1.58. The van der Waals surface area contributed by atoms with E-state index in [9.17, 15) is 10.0 Å². The van der Waals surface area contributed by atoms with Gasteiger partial charge in [0.15, 0.2) is 0 Å². The van der Waals surface area contributed by atoms with Crippen LogP contribution in [0.4, 0.5) is 0 Å². The van der Waals surface area contributed by atoms with Gasteiger partial charge in [-0.3, -0.25) is 4.98 Å². The molecule has 0 radical (unpaired) electrons. The van der Waals surface area contributed by atoms with Crippen molar-refractivity contribution in [3.8, 4) is 11.3 Å². The second-order valence-corrected chi connectivity index (χ2v) is 4.41. The van der Waals surface area contributed by atoms with E-state index in [0.29, 0.717) is 5.46 Å². The second-order valence-electron chi connectivity index (χ2n) is 4.41. The molecule has 2 aromatic carbocycles. The molecule has 4 heteroatoms. The number of pyridine rings is 1. The zero-order valence-corrected chi connectivity index (χ0v) is 10.2. The second kappa shape index (κ2) is 4.84. The third kappa shape index (κ3) is 2.36. The van der Waals surface area contributed by atoms with Crippen LogP contribution < -0.4 is 5.46 Å². The molecule has 3 nitrogen and oxygen atoms in total. The zero-order valence-electron chi connectivity index (χ0n) is 10.2. The summed E-state index contributed by atoms with van der Waals surface area (Å²) in [5.41, 5.74) is 2.13. The van der Waals surface area contributed by atoms with Crippen LogP contribution in [0.1, 0.15) is 0 Å². The lowest BCUT2D eigenvalue weighted by atomic mass is 9.80. The fraction of sp³-hybridized carbons (Fsp3) is 0. The summed E-state index contributed by atoms with van der Waals surface area (Å²) in [5.74, 6) is 0. The van der Waals surface area contributed by atoms with Gasteiger partial charge in [0.1, 0.15) is 0 Å². The molecule has 0 fully saturated rings. The number of hydrogen-bond donors (Lipinski definition) is 2. The molecule has 0 amide bonds. The predicted molar refractivity (Wildman–Crippen MR) is 77.0 cm³/mol. The summed E-state index contributed by atoms with van der Waals surface area (Å²) in [6, 6.07) is 17.4. The van der Waals surface area contributed by atoms with Crippen LogP contribution in [-0.4, -0.2) is 22.2 Å². The van der Waals surface area contributed by atoms with E-state index in [-0.39, 0.29) is 0 Å². The third-order valence-corrected chi connectivity index (χ3v) is 3.13. The first-order valence-corrected chi connectivity index (χ1v) is 6.05. The zero-order chi connectivity index (χ0) is 13.2. The summed E-state index contributed by atoms with van der Waals surface area (Å²) in [7, 11) is -1.47. The summed E-state index contributed by atoms with van der Waals surface area (Å²) >= 11 is 0. The van der Waals surface area contributed by atoms with Crippen molar-refractivity contribution >= 4 is 23.4 Å². The first-order valence-electron chi connectivity index (χ1n) is 6.05. The number of aromatic nitrogens is 1. The van der Waals surface area contributed by atoms with Crippen molar-refractivity contribution in [1.82, 2.24) is 4.98 Å². The normalized spacial score (nSPS) is 10.6. The molecule has 92 valence electrons. The van der Waals surface area contributed by atoms with Gasteiger partial charge in [0, 0.05) is 11.8 Å². The van der Waals surface area contributed by atoms with Gasteiger partial charge in [-0.15, -0.1) is 0 Å². The Morgan fingerprint density at radius 2 is 1.63 bits per heavy atom. The van der Waals surface area contributed by atoms with Gasteiger partial charge < -0.3 is 10.0 Å². The maximum atomic E-state index is 9.19. The van der Waals surface area contributed by atoms with Crippen LogP contribution in [-0.2, 0) is 0 Å². The Morgan fingerprint density at radius 1 is 0.842 bits per heavy atom. The van der Waals surface area contributed by atoms with Crippen molar-refractivity contribution in [2.75, 3.05) is 0 Å². The molecular weight excluding hydrogens is 237 g/mol. The molecule has 19 heavy (non-hydrogen) atoms. The molecule has 3 aromatic rings. The van der Waals surface area contributed by atoms with E-state index in [2.05, 4.69) is 11.1 Å². The number of rotatable bonds is 2. The highest BCUT2D eigenvalue weighted by Gasteiger charge is 2.12. The molecule has 0 saturated carbocycles. The van der Waals surface area contributed by atoms with Crippen molar-refractivity contribution in [2.24, 2.45) is 0 Å². The minimum Gasteiger partial charge on any atom is -0.423 e. The first-order chi connectivity index (χ1) is 9.24. The molecule has 0 aliphatic carbocycles. The summed E-state index contributed by atoms with van der Waals surface area (Å²) in [5, 5.41) is 20.7. The first kappa shape index (κ1) is 11.9. The lowest BCUT2D eigenvalue weighted by Gasteiger charge is -2.05. The Balaban J connectivity index is 2.11. The maximum Gasteiger partial charge on any atom is 0.488 e. The van der Waals surface area contributed by atoms with Crippen molar-refractivity contribution < 1.29 is 10.0 Å². The van der Waals surface area contributed by atoms with Crippen LogP contribution >= 0.6 is 0 Å². The lowest BCUT2D eigenvalue weighted by Crippen LogP contribution is -2.29. The summed E-state index contributed by atoms with van der Waals surface area (Å²) in [4.78, 5) is 4.28. The van der Waals surface area contributed by atoms with E-state index in [0.717, 1.165) is 16.6 Å². The third-order valence-electron chi connectivity index (χ3n) is 3.13. The van der Waals surface area contributed by atoms with E-state index in [4.69, 9.17) is 0 Å². The fourth-order valence-electron chi connectivity index (χ4n) is 2.11. The SMILES string of the molecule is OB(O)c1ccnc(-c2ccc3ccccc3c2)c1. The molecule has 2 N–H and O–H groups in total. The number of hydrogen-bond acceptors (Lipinski definition) is 3. The Bertz CT molecular complexity index is 728. The summed E-state index contributed by atoms with van der Waals surface area (Å²) < 4.78 is 0. The van der Waals surface area contributed by atoms with E-state index in [1.165, 1.54) is 5.39 Å². The molecule has 0 aliphatic heterocycles. The van der Waals surface area contributed by atoms with Gasteiger partial charge in [-0.1, -0.05) is 36.4 Å². The Morgan fingerprint density at radius 3 is 2.42 bits per heavy atom. The molecule has 0 spiro atoms. The minimum atomic E-state index is -1.47. The van der Waals surface area contributed by atoms with Gasteiger partial charge in [-0.05, 0) is 34.4 Å². The Hall–Kier alpha value is -2.17. The minimum absolute atomic E-state index is 0.443. The topological polar surface area (TPSA) is 53.4 Å². The molecule has 0 bridgehead atoms. The Labute approximate surface area is 111 Å². The fourth-order valence-corrected chi connectivity index (χ4v) is 2.11. The van der Waals surface area contributed by atoms with Crippen LogP contribution in [0.3, 0.4) is 0 Å². The van der Waals surface area contributed by atoms with Crippen LogP contribution in [0, 0.1) is 0 Å². The van der Waals surface area contributed by atoms with Gasteiger partial charge in [0.05, 0.1) is 5.69 Å². The van der Waals surface area contributed by atoms with Crippen molar-refractivity contribution in [2.45, 2.75) is 0 Å². The molecule has 0 atom stereocenters. The van der Waals surface area contributed by atoms with E-state index in [1.54, 1.807) is 18.3 Å². The van der Waals surface area contributed by atoms with E-state index >= 15 is 0 Å². The summed E-state index contributed by atoms with van der Waals surface area (Å²) in [6.07, 6.45) is 1.58. The monoisotopic (exact) mass is 249 g/mol. The number of fused-ring (bicyclic) bond motifs is 1. The van der Waals surface area contributed by atoms with Crippen LogP contribution in [0.2, 0.25) is 0 Å². The quantitative estimate of drug-likeness (QED) is 0.678. The maximum absolute atomic E-state index is 9.19. The molecule has 3 rings (SSSR count). The molecule has 0 saturated heterocycles. The number of nitrogens with zero attached hydrogens (tertiary/aromatic N) is 1. The van der Waals surface area contributed by atoms with Crippen molar-refractivity contribution in [1.29, 1.82) is 0 Å². The van der Waals surface area contributed by atoms with Crippen LogP contribution in [0.25, 0.3) is 22.0 Å². The highest BCUT2D eigenvalue weighted by molar-refractivity contribution is 6.58. The molecule has 1 aromatic heterocycles. The molecule has 0 unspecified atom stereocenters. The van der Waals surface area contributed by atoms with Gasteiger partial charge in [-0.25, -0.2) is 0 Å². The largest absolute Gasteiger partial charge is 0.488 e. The average Bonchev–Trinajstić information content (AvgIpc) is 2.47.